The van der Waals surface area contributed by atoms with E-state index < -0.39 is 6.09 Å². The SMILES string of the molecule is COC(=O)N[C@@H]1CCCN(c2cc(C#N)cc(Nc3nc(NC4CC4)c4ncc(C#N)n4n3)c2Cl)C1. The average Bonchev–Trinajstić information content (AvgIpc) is 3.61. The number of hydrogen-bond donors (Lipinski definition) is 3. The van der Waals surface area contributed by atoms with E-state index in [0.717, 1.165) is 25.7 Å². The fraction of sp³-hybridized carbons (Fsp3) is 0.391. The van der Waals surface area contributed by atoms with Crippen molar-refractivity contribution in [1.29, 1.82) is 10.5 Å². The third-order valence-electron chi connectivity index (χ3n) is 6.09. The number of anilines is 4. The van der Waals surface area contributed by atoms with Gasteiger partial charge < -0.3 is 25.6 Å². The number of alkyl carbamates (subject to hydrolysis) is 1. The summed E-state index contributed by atoms with van der Waals surface area (Å²) >= 11 is 6.82. The van der Waals surface area contributed by atoms with Crippen molar-refractivity contribution in [2.45, 2.75) is 37.8 Å². The molecule has 13 heteroatoms. The van der Waals surface area contributed by atoms with Crippen LogP contribution in [0.25, 0.3) is 5.65 Å². The van der Waals surface area contributed by atoms with Crippen LogP contribution in [0.15, 0.2) is 18.3 Å². The molecule has 5 rings (SSSR count). The van der Waals surface area contributed by atoms with Gasteiger partial charge in [0.15, 0.2) is 17.2 Å². The standard InChI is InChI=1S/C23H23ClN10O2/c1-36-23(35)29-15-3-2-6-33(12-15)18-8-13(9-25)7-17(19(18)24)30-22-31-20(28-14-4-5-14)21-27-11-16(10-26)34(21)32-22/h7-8,11,14-15H,2-6,12H2,1H3,(H,29,35)(H2,28,30,31,32)/t15-/m1/s1. The Bertz CT molecular complexity index is 1400. The molecule has 0 spiro atoms. The summed E-state index contributed by atoms with van der Waals surface area (Å²) in [6, 6.07) is 7.80. The van der Waals surface area contributed by atoms with E-state index in [1.165, 1.54) is 17.8 Å². The van der Waals surface area contributed by atoms with Crippen LogP contribution in [0.1, 0.15) is 36.9 Å². The number of imidazole rings is 1. The van der Waals surface area contributed by atoms with Gasteiger partial charge in [-0.2, -0.15) is 20.0 Å². The Morgan fingerprint density at radius 2 is 2.06 bits per heavy atom. The van der Waals surface area contributed by atoms with Crippen molar-refractivity contribution >= 4 is 46.5 Å². The van der Waals surface area contributed by atoms with Crippen LogP contribution in [0.3, 0.4) is 0 Å². The molecule has 0 unspecified atom stereocenters. The highest BCUT2D eigenvalue weighted by Crippen LogP contribution is 2.37. The normalized spacial score (nSPS) is 17.2. The van der Waals surface area contributed by atoms with Gasteiger partial charge in [-0.3, -0.25) is 0 Å². The van der Waals surface area contributed by atoms with Gasteiger partial charge in [-0.1, -0.05) is 11.6 Å². The first-order valence-electron chi connectivity index (χ1n) is 11.5. The van der Waals surface area contributed by atoms with Crippen LogP contribution in [-0.2, 0) is 4.74 Å². The monoisotopic (exact) mass is 506 g/mol. The molecule has 1 aliphatic carbocycles. The van der Waals surface area contributed by atoms with E-state index in [0.29, 0.717) is 52.6 Å². The van der Waals surface area contributed by atoms with Gasteiger partial charge in [0.2, 0.25) is 5.95 Å². The summed E-state index contributed by atoms with van der Waals surface area (Å²) in [5.41, 5.74) is 2.23. The number of aromatic nitrogens is 4. The number of amides is 1. The molecule has 12 nitrogen and oxygen atoms in total. The lowest BCUT2D eigenvalue weighted by Gasteiger charge is -2.35. The van der Waals surface area contributed by atoms with Gasteiger partial charge in [0.1, 0.15) is 6.07 Å². The Morgan fingerprint density at radius 3 is 2.78 bits per heavy atom. The first kappa shape index (κ1) is 23.5. The predicted molar refractivity (Wildman–Crippen MR) is 132 cm³/mol. The highest BCUT2D eigenvalue weighted by molar-refractivity contribution is 6.36. The number of methoxy groups -OCH3 is 1. The Balaban J connectivity index is 1.48. The number of benzene rings is 1. The number of hydrogen-bond acceptors (Lipinski definition) is 10. The first-order chi connectivity index (χ1) is 17.5. The number of piperidine rings is 1. The highest BCUT2D eigenvalue weighted by atomic mass is 35.5. The summed E-state index contributed by atoms with van der Waals surface area (Å²) in [6.07, 6.45) is 4.67. The summed E-state index contributed by atoms with van der Waals surface area (Å²) < 4.78 is 6.15. The van der Waals surface area contributed by atoms with Crippen molar-refractivity contribution in [3.8, 4) is 12.1 Å². The van der Waals surface area contributed by atoms with Crippen molar-refractivity contribution in [3.05, 3.63) is 34.6 Å². The van der Waals surface area contributed by atoms with Crippen molar-refractivity contribution in [1.82, 2.24) is 24.9 Å². The number of nitrogens with one attached hydrogen (secondary N) is 3. The molecule has 3 aromatic rings. The molecule has 1 saturated heterocycles. The molecule has 1 atom stereocenters. The lowest BCUT2D eigenvalue weighted by molar-refractivity contribution is 0.165. The zero-order valence-electron chi connectivity index (χ0n) is 19.5. The smallest absolute Gasteiger partial charge is 0.407 e. The van der Waals surface area contributed by atoms with Gasteiger partial charge in [0.25, 0.3) is 0 Å². The van der Waals surface area contributed by atoms with Gasteiger partial charge in [0.05, 0.1) is 41.3 Å². The van der Waals surface area contributed by atoms with Crippen LogP contribution in [0.4, 0.5) is 27.9 Å². The van der Waals surface area contributed by atoms with Crippen LogP contribution in [-0.4, -0.2) is 58.0 Å². The molecule has 1 aromatic carbocycles. The highest BCUT2D eigenvalue weighted by Gasteiger charge is 2.26. The van der Waals surface area contributed by atoms with E-state index in [1.807, 2.05) is 4.90 Å². The first-order valence-corrected chi connectivity index (χ1v) is 11.9. The molecule has 184 valence electrons. The molecule has 0 bridgehead atoms. The number of halogens is 1. The van der Waals surface area contributed by atoms with Gasteiger partial charge in [-0.15, -0.1) is 5.10 Å². The Hall–Kier alpha value is -4.29. The molecule has 0 radical (unpaired) electrons. The fourth-order valence-electron chi connectivity index (χ4n) is 4.18. The minimum Gasteiger partial charge on any atom is -0.453 e. The summed E-state index contributed by atoms with van der Waals surface area (Å²) in [5, 5.41) is 33.3. The Morgan fingerprint density at radius 1 is 1.22 bits per heavy atom. The van der Waals surface area contributed by atoms with Crippen molar-refractivity contribution in [2.75, 3.05) is 35.7 Å². The molecule has 3 heterocycles. The quantitative estimate of drug-likeness (QED) is 0.453. The largest absolute Gasteiger partial charge is 0.453 e. The van der Waals surface area contributed by atoms with E-state index in [4.69, 9.17) is 16.3 Å². The molecule has 2 aromatic heterocycles. The zero-order valence-corrected chi connectivity index (χ0v) is 20.2. The van der Waals surface area contributed by atoms with Crippen LogP contribution in [0.5, 0.6) is 0 Å². The van der Waals surface area contributed by atoms with Gasteiger partial charge in [-0.05, 0) is 37.8 Å². The second kappa shape index (κ2) is 9.76. The lowest BCUT2D eigenvalue weighted by Crippen LogP contribution is -2.47. The number of nitriles is 2. The molecule has 2 fully saturated rings. The summed E-state index contributed by atoms with van der Waals surface area (Å²) in [4.78, 5) is 22.6. The summed E-state index contributed by atoms with van der Waals surface area (Å²) in [5.74, 6) is 0.712. The van der Waals surface area contributed by atoms with Crippen LogP contribution >= 0.6 is 11.6 Å². The van der Waals surface area contributed by atoms with Crippen LogP contribution < -0.4 is 20.9 Å². The predicted octanol–water partition coefficient (Wildman–Crippen LogP) is 3.16. The average molecular weight is 507 g/mol. The number of ether oxygens (including phenoxy) is 1. The lowest BCUT2D eigenvalue weighted by atomic mass is 10.0. The van der Waals surface area contributed by atoms with E-state index in [9.17, 15) is 15.3 Å². The minimum atomic E-state index is -0.486. The maximum Gasteiger partial charge on any atom is 0.407 e. The minimum absolute atomic E-state index is 0.114. The maximum absolute atomic E-state index is 11.7. The third-order valence-corrected chi connectivity index (χ3v) is 6.49. The molecule has 1 saturated carbocycles. The van der Waals surface area contributed by atoms with Crippen LogP contribution in [0, 0.1) is 22.7 Å². The fourth-order valence-corrected chi connectivity index (χ4v) is 4.46. The molecular formula is C23H23ClN10O2. The van der Waals surface area contributed by atoms with Crippen molar-refractivity contribution in [2.24, 2.45) is 0 Å². The van der Waals surface area contributed by atoms with E-state index in [-0.39, 0.29) is 17.7 Å². The second-order valence-electron chi connectivity index (χ2n) is 8.71. The summed E-state index contributed by atoms with van der Waals surface area (Å²) in [7, 11) is 1.33. The van der Waals surface area contributed by atoms with Crippen molar-refractivity contribution < 1.29 is 9.53 Å². The topological polar surface area (TPSA) is 156 Å². The molecule has 2 aliphatic rings. The van der Waals surface area contributed by atoms with Crippen molar-refractivity contribution in [3.63, 3.8) is 0 Å². The van der Waals surface area contributed by atoms with E-state index >= 15 is 0 Å². The van der Waals surface area contributed by atoms with Gasteiger partial charge in [0, 0.05) is 25.2 Å². The molecular weight excluding hydrogens is 484 g/mol. The van der Waals surface area contributed by atoms with E-state index in [1.54, 1.807) is 12.1 Å². The number of nitrogens with zero attached hydrogens (tertiary/aromatic N) is 7. The molecule has 1 amide bonds. The molecule has 1 aliphatic heterocycles. The van der Waals surface area contributed by atoms with E-state index in [2.05, 4.69) is 43.2 Å². The molecule has 36 heavy (non-hydrogen) atoms. The van der Waals surface area contributed by atoms with Crippen LogP contribution in [0.2, 0.25) is 5.02 Å². The number of rotatable bonds is 6. The summed E-state index contributed by atoms with van der Waals surface area (Å²) in [6.45, 7) is 1.23. The zero-order chi connectivity index (χ0) is 25.2. The Kier molecular flexibility index (Phi) is 6.36. The third kappa shape index (κ3) is 4.76. The molecule has 3 N–H and O–H groups in total. The maximum atomic E-state index is 11.7. The number of carbonyl (C=O) groups is 1. The van der Waals surface area contributed by atoms with Gasteiger partial charge >= 0.3 is 6.09 Å². The number of fused-ring (bicyclic) bond motifs is 1. The number of carbonyl (C=O) groups excluding carboxylic acids is 1. The Labute approximate surface area is 211 Å². The van der Waals surface area contributed by atoms with Gasteiger partial charge in [-0.25, -0.2) is 9.78 Å². The second-order valence-corrected chi connectivity index (χ2v) is 9.09.